The summed E-state index contributed by atoms with van der Waals surface area (Å²) in [7, 11) is 1.80. The van der Waals surface area contributed by atoms with Crippen molar-refractivity contribution in [2.24, 2.45) is 44.8 Å². The molecule has 5 nitrogen and oxygen atoms in total. The van der Waals surface area contributed by atoms with Crippen LogP contribution in [0.4, 0.5) is 0 Å². The molecule has 1 unspecified atom stereocenters. The molecule has 0 bridgehead atoms. The van der Waals surface area contributed by atoms with Gasteiger partial charge in [-0.05, 0) is 98.4 Å². The first-order chi connectivity index (χ1) is 16.7. The molecule has 5 rings (SSSR count). The molecule has 1 N–H and O–H groups in total. The number of ketones is 1. The van der Waals surface area contributed by atoms with E-state index in [9.17, 15) is 14.7 Å². The zero-order valence-corrected chi connectivity index (χ0v) is 23.8. The van der Waals surface area contributed by atoms with Crippen LogP contribution in [-0.4, -0.2) is 42.3 Å². The van der Waals surface area contributed by atoms with Crippen molar-refractivity contribution < 1.29 is 24.2 Å². The molecule has 0 aromatic heterocycles. The molecular weight excluding hydrogens is 452 g/mol. The van der Waals surface area contributed by atoms with Crippen molar-refractivity contribution in [2.75, 3.05) is 7.11 Å². The van der Waals surface area contributed by atoms with Crippen LogP contribution in [0.2, 0.25) is 0 Å². The summed E-state index contributed by atoms with van der Waals surface area (Å²) in [5.74, 6) is 1.16. The molecule has 1 aliphatic heterocycles. The van der Waals surface area contributed by atoms with Crippen LogP contribution in [0.25, 0.3) is 0 Å². The second kappa shape index (κ2) is 8.15. The third kappa shape index (κ3) is 3.08. The summed E-state index contributed by atoms with van der Waals surface area (Å²) in [5.41, 5.74) is -0.802. The maximum Gasteiger partial charge on any atom is 0.334 e. The van der Waals surface area contributed by atoms with Gasteiger partial charge in [0.15, 0.2) is 0 Å². The van der Waals surface area contributed by atoms with E-state index in [0.717, 1.165) is 44.9 Å². The van der Waals surface area contributed by atoms with Gasteiger partial charge in [0.25, 0.3) is 0 Å². The SMILES string of the molecule is CO[C@@H]1CC[C@@]2(C)[C@@H](C[C@H](O)[C@@]23CC[C@]2(C)C([C@H](C)C[C@@H]4C=C(C)C(=O)O4)CC[C@@]2(C)C3=O)C1(C)C. The minimum atomic E-state index is -0.666. The maximum absolute atomic E-state index is 14.9. The second-order valence-electron chi connectivity index (χ2n) is 14.5. The molecule has 36 heavy (non-hydrogen) atoms. The van der Waals surface area contributed by atoms with Crippen LogP contribution >= 0.6 is 0 Å². The second-order valence-corrected chi connectivity index (χ2v) is 14.5. The fraction of sp³-hybridized carbons (Fsp3) is 0.871. The fourth-order valence-corrected chi connectivity index (χ4v) is 10.7. The monoisotopic (exact) mass is 500 g/mol. The van der Waals surface area contributed by atoms with E-state index in [-0.39, 0.29) is 40.3 Å². The van der Waals surface area contributed by atoms with Gasteiger partial charge in [0.1, 0.15) is 11.9 Å². The highest BCUT2D eigenvalue weighted by Gasteiger charge is 2.76. The molecule has 0 aromatic carbocycles. The van der Waals surface area contributed by atoms with Crippen LogP contribution in [0.1, 0.15) is 99.8 Å². The average molecular weight is 501 g/mol. The van der Waals surface area contributed by atoms with E-state index in [2.05, 4.69) is 41.5 Å². The Balaban J connectivity index is 1.45. The van der Waals surface area contributed by atoms with Crippen molar-refractivity contribution in [2.45, 2.75) is 118 Å². The summed E-state index contributed by atoms with van der Waals surface area (Å²) >= 11 is 0. The van der Waals surface area contributed by atoms with Gasteiger partial charge in [0.05, 0.1) is 17.6 Å². The van der Waals surface area contributed by atoms with Crippen LogP contribution < -0.4 is 0 Å². The number of Topliss-reactive ketones (excluding diaryl/α,β-unsaturated/α-hetero) is 1. The third-order valence-electron chi connectivity index (χ3n) is 13.0. The Hall–Kier alpha value is -1.20. The van der Waals surface area contributed by atoms with E-state index >= 15 is 0 Å². The van der Waals surface area contributed by atoms with Gasteiger partial charge in [-0.2, -0.15) is 0 Å². The van der Waals surface area contributed by atoms with Crippen LogP contribution in [0, 0.1) is 44.8 Å². The number of aliphatic hydroxyl groups excluding tert-OH is 1. The number of ether oxygens (including phenoxy) is 2. The number of aliphatic hydroxyl groups is 1. The van der Waals surface area contributed by atoms with Gasteiger partial charge < -0.3 is 14.6 Å². The highest BCUT2D eigenvalue weighted by atomic mass is 16.5. The molecule has 4 aliphatic carbocycles. The number of methoxy groups -OCH3 is 1. The molecule has 1 heterocycles. The summed E-state index contributed by atoms with van der Waals surface area (Å²) < 4.78 is 11.5. The molecule has 5 aliphatic rings. The lowest BCUT2D eigenvalue weighted by Gasteiger charge is -2.62. The van der Waals surface area contributed by atoms with E-state index in [4.69, 9.17) is 9.47 Å². The molecule has 4 saturated carbocycles. The normalized spacial score (nSPS) is 50.6. The molecule has 1 spiro atoms. The van der Waals surface area contributed by atoms with Crippen molar-refractivity contribution in [3.05, 3.63) is 11.6 Å². The number of carbonyl (C=O) groups is 2. The summed E-state index contributed by atoms with van der Waals surface area (Å²) in [6.07, 6.45) is 8.43. The molecule has 0 amide bonds. The lowest BCUT2D eigenvalue weighted by molar-refractivity contribution is -0.187. The van der Waals surface area contributed by atoms with Crippen molar-refractivity contribution in [3.8, 4) is 0 Å². The molecule has 5 heteroatoms. The predicted octanol–water partition coefficient (Wildman–Crippen LogP) is 5.88. The molecule has 0 aromatic rings. The largest absolute Gasteiger partial charge is 0.455 e. The number of hydrogen-bond acceptors (Lipinski definition) is 5. The fourth-order valence-electron chi connectivity index (χ4n) is 10.7. The van der Waals surface area contributed by atoms with Crippen LogP contribution in [0.15, 0.2) is 11.6 Å². The lowest BCUT2D eigenvalue weighted by atomic mass is 9.41. The molecule has 10 atom stereocenters. The van der Waals surface area contributed by atoms with Crippen LogP contribution in [-0.2, 0) is 19.1 Å². The van der Waals surface area contributed by atoms with Gasteiger partial charge in [0, 0.05) is 18.1 Å². The molecule has 0 radical (unpaired) electrons. The van der Waals surface area contributed by atoms with Gasteiger partial charge in [-0.25, -0.2) is 4.79 Å². The third-order valence-corrected chi connectivity index (χ3v) is 13.0. The van der Waals surface area contributed by atoms with E-state index in [1.54, 1.807) is 7.11 Å². The average Bonchev–Trinajstić information content (AvgIpc) is 3.35. The first-order valence-corrected chi connectivity index (χ1v) is 14.3. The van der Waals surface area contributed by atoms with E-state index < -0.39 is 16.9 Å². The lowest BCUT2D eigenvalue weighted by Crippen LogP contribution is -2.64. The Morgan fingerprint density at radius 3 is 2.36 bits per heavy atom. The summed E-state index contributed by atoms with van der Waals surface area (Å²) in [4.78, 5) is 26.8. The first-order valence-electron chi connectivity index (χ1n) is 14.3. The molecule has 4 fully saturated rings. The van der Waals surface area contributed by atoms with Gasteiger partial charge in [-0.15, -0.1) is 0 Å². The van der Waals surface area contributed by atoms with Gasteiger partial charge >= 0.3 is 5.97 Å². The van der Waals surface area contributed by atoms with Crippen LogP contribution in [0.3, 0.4) is 0 Å². The molecule has 202 valence electrons. The Morgan fingerprint density at radius 2 is 1.75 bits per heavy atom. The number of carbonyl (C=O) groups excluding carboxylic acids is 2. The highest BCUT2D eigenvalue weighted by molar-refractivity contribution is 5.94. The maximum atomic E-state index is 14.9. The number of cyclic esters (lactones) is 1. The van der Waals surface area contributed by atoms with E-state index in [0.29, 0.717) is 29.6 Å². The van der Waals surface area contributed by atoms with Gasteiger partial charge in [0.2, 0.25) is 0 Å². The van der Waals surface area contributed by atoms with Crippen molar-refractivity contribution in [3.63, 3.8) is 0 Å². The van der Waals surface area contributed by atoms with E-state index in [1.165, 1.54) is 0 Å². The summed E-state index contributed by atoms with van der Waals surface area (Å²) in [5, 5.41) is 11.8. The minimum absolute atomic E-state index is 0.0781. The smallest absolute Gasteiger partial charge is 0.334 e. The summed E-state index contributed by atoms with van der Waals surface area (Å²) in [6.45, 7) is 15.6. The number of fused-ring (bicyclic) bond motifs is 3. The van der Waals surface area contributed by atoms with E-state index in [1.807, 2.05) is 13.0 Å². The summed E-state index contributed by atoms with van der Waals surface area (Å²) in [6, 6.07) is 0. The minimum Gasteiger partial charge on any atom is -0.455 e. The van der Waals surface area contributed by atoms with Crippen LogP contribution in [0.5, 0.6) is 0 Å². The number of esters is 1. The predicted molar refractivity (Wildman–Crippen MR) is 139 cm³/mol. The first kappa shape index (κ1) is 26.4. The zero-order chi connectivity index (χ0) is 26.5. The topological polar surface area (TPSA) is 72.8 Å². The van der Waals surface area contributed by atoms with Gasteiger partial charge in [-0.3, -0.25) is 4.79 Å². The van der Waals surface area contributed by atoms with Crippen molar-refractivity contribution >= 4 is 11.8 Å². The van der Waals surface area contributed by atoms with Crippen molar-refractivity contribution in [1.82, 2.24) is 0 Å². The van der Waals surface area contributed by atoms with Crippen molar-refractivity contribution in [1.29, 1.82) is 0 Å². The standard InChI is InChI=1S/C31H48O5/c1-18(15-20-16-19(2)25(33)36-20)21-9-11-30(7)26(34)31(14-13-28(21,30)5)23(32)17-22-27(3,4)24(35-8)10-12-29(22,31)6/h16,18,20-24,32H,9-15,17H2,1-8H3/t18-,20-,21?,22+,23+,24-,28-,29+,30+,31-/m1/s1. The Bertz CT molecular complexity index is 983. The molecular formula is C31H48O5. The Kier molecular flexibility index (Phi) is 5.98. The zero-order valence-electron chi connectivity index (χ0n) is 23.8. The van der Waals surface area contributed by atoms with Gasteiger partial charge in [-0.1, -0.05) is 41.5 Å². The molecule has 0 saturated heterocycles. The number of hydrogen-bond donors (Lipinski definition) is 1. The quantitative estimate of drug-likeness (QED) is 0.488. The number of rotatable bonds is 4. The highest BCUT2D eigenvalue weighted by Crippen LogP contribution is 2.76. The Morgan fingerprint density at radius 1 is 1.06 bits per heavy atom. The Labute approximate surface area is 217 Å².